The number of rotatable bonds is 6. The summed E-state index contributed by atoms with van der Waals surface area (Å²) < 4.78 is 0. The fourth-order valence-electron chi connectivity index (χ4n) is 2.03. The van der Waals surface area contributed by atoms with Gasteiger partial charge in [-0.25, -0.2) is 4.79 Å². The number of carboxylic acid groups (broad SMARTS) is 1. The van der Waals surface area contributed by atoms with E-state index in [-0.39, 0.29) is 5.91 Å². The van der Waals surface area contributed by atoms with Crippen LogP contribution in [0.4, 0.5) is 0 Å². The summed E-state index contributed by atoms with van der Waals surface area (Å²) in [5.41, 5.74) is 2.60. The monoisotopic (exact) mass is 263 g/mol. The van der Waals surface area contributed by atoms with Gasteiger partial charge in [0.1, 0.15) is 0 Å². The first-order chi connectivity index (χ1) is 8.93. The van der Waals surface area contributed by atoms with Gasteiger partial charge in [0.2, 0.25) is 5.91 Å². The van der Waals surface area contributed by atoms with Crippen LogP contribution in [0.25, 0.3) is 0 Å². The molecule has 1 rings (SSSR count). The third-order valence-electron chi connectivity index (χ3n) is 2.89. The average Bonchev–Trinajstić information content (AvgIpc) is 2.31. The molecule has 0 spiro atoms. The fraction of sp³-hybridized carbons (Fsp3) is 0.467. The van der Waals surface area contributed by atoms with Crippen molar-refractivity contribution < 1.29 is 14.7 Å². The summed E-state index contributed by atoms with van der Waals surface area (Å²) in [4.78, 5) is 23.0. The van der Waals surface area contributed by atoms with Crippen LogP contribution in [0.15, 0.2) is 18.2 Å². The number of unbranched alkanes of at least 4 members (excludes halogenated alkanes) is 1. The number of hydrogen-bond donors (Lipinski definition) is 2. The molecular weight excluding hydrogens is 242 g/mol. The molecule has 1 aromatic rings. The van der Waals surface area contributed by atoms with Gasteiger partial charge < -0.3 is 10.4 Å². The van der Waals surface area contributed by atoms with E-state index in [2.05, 4.69) is 5.32 Å². The molecule has 0 aliphatic carbocycles. The highest BCUT2D eigenvalue weighted by atomic mass is 16.4. The standard InChI is InChI=1S/C15H21NO3/c1-4-5-6-13(17)16-14(15(18)19)12-8-10(2)7-11(3)9-12/h7-9,14H,4-6H2,1-3H3,(H,16,17)(H,18,19). The van der Waals surface area contributed by atoms with Gasteiger partial charge >= 0.3 is 5.97 Å². The number of carbonyl (C=O) groups excluding carboxylic acids is 1. The summed E-state index contributed by atoms with van der Waals surface area (Å²) in [7, 11) is 0. The van der Waals surface area contributed by atoms with Crippen molar-refractivity contribution in [2.24, 2.45) is 0 Å². The molecule has 4 heteroatoms. The van der Waals surface area contributed by atoms with Crippen molar-refractivity contribution in [2.45, 2.75) is 46.1 Å². The van der Waals surface area contributed by atoms with E-state index in [9.17, 15) is 14.7 Å². The molecule has 0 saturated carbocycles. The van der Waals surface area contributed by atoms with Crippen LogP contribution < -0.4 is 5.32 Å². The van der Waals surface area contributed by atoms with Gasteiger partial charge in [0.15, 0.2) is 6.04 Å². The Morgan fingerprint density at radius 3 is 2.26 bits per heavy atom. The SMILES string of the molecule is CCCCC(=O)NC(C(=O)O)c1cc(C)cc(C)c1. The molecule has 2 N–H and O–H groups in total. The van der Waals surface area contributed by atoms with E-state index in [4.69, 9.17) is 0 Å². The predicted molar refractivity (Wildman–Crippen MR) is 74.0 cm³/mol. The van der Waals surface area contributed by atoms with E-state index in [0.29, 0.717) is 12.0 Å². The highest BCUT2D eigenvalue weighted by Gasteiger charge is 2.22. The lowest BCUT2D eigenvalue weighted by atomic mass is 10.0. The molecule has 0 saturated heterocycles. The van der Waals surface area contributed by atoms with Crippen LogP contribution in [0.5, 0.6) is 0 Å². The lowest BCUT2D eigenvalue weighted by Gasteiger charge is -2.16. The number of aryl methyl sites for hydroxylation is 2. The molecule has 1 aromatic carbocycles. The van der Waals surface area contributed by atoms with Crippen molar-refractivity contribution in [3.05, 3.63) is 34.9 Å². The maximum Gasteiger partial charge on any atom is 0.330 e. The second-order valence-corrected chi connectivity index (χ2v) is 4.86. The molecule has 0 fully saturated rings. The van der Waals surface area contributed by atoms with Crippen LogP contribution in [0.2, 0.25) is 0 Å². The van der Waals surface area contributed by atoms with Crippen molar-refractivity contribution in [1.82, 2.24) is 5.32 Å². The van der Waals surface area contributed by atoms with Gasteiger partial charge in [-0.3, -0.25) is 4.79 Å². The van der Waals surface area contributed by atoms with E-state index in [1.165, 1.54) is 0 Å². The minimum Gasteiger partial charge on any atom is -0.479 e. The molecule has 1 atom stereocenters. The van der Waals surface area contributed by atoms with Crippen LogP contribution in [-0.2, 0) is 9.59 Å². The summed E-state index contributed by atoms with van der Waals surface area (Å²) in [5, 5.41) is 11.9. The predicted octanol–water partition coefficient (Wildman–Crippen LogP) is 2.74. The minimum absolute atomic E-state index is 0.214. The van der Waals surface area contributed by atoms with Gasteiger partial charge in [-0.1, -0.05) is 42.7 Å². The fourth-order valence-corrected chi connectivity index (χ4v) is 2.03. The number of hydrogen-bond acceptors (Lipinski definition) is 2. The Morgan fingerprint density at radius 1 is 1.21 bits per heavy atom. The van der Waals surface area contributed by atoms with Crippen molar-refractivity contribution in [3.8, 4) is 0 Å². The molecule has 19 heavy (non-hydrogen) atoms. The number of aliphatic carboxylic acids is 1. The number of benzene rings is 1. The van der Waals surface area contributed by atoms with Crippen molar-refractivity contribution in [3.63, 3.8) is 0 Å². The van der Waals surface area contributed by atoms with Crippen molar-refractivity contribution in [2.75, 3.05) is 0 Å². The maximum atomic E-state index is 11.7. The first-order valence-electron chi connectivity index (χ1n) is 6.54. The smallest absolute Gasteiger partial charge is 0.330 e. The zero-order valence-electron chi connectivity index (χ0n) is 11.7. The lowest BCUT2D eigenvalue weighted by Crippen LogP contribution is -2.33. The summed E-state index contributed by atoms with van der Waals surface area (Å²) in [6, 6.07) is 4.60. The van der Waals surface area contributed by atoms with Crippen LogP contribution in [0.1, 0.15) is 48.9 Å². The molecule has 0 aliphatic rings. The molecule has 0 heterocycles. The summed E-state index contributed by atoms with van der Waals surface area (Å²) in [6.07, 6.45) is 2.05. The van der Waals surface area contributed by atoms with Crippen LogP contribution in [0, 0.1) is 13.8 Å². The normalized spacial score (nSPS) is 11.9. The Morgan fingerprint density at radius 2 is 1.79 bits per heavy atom. The Balaban J connectivity index is 2.88. The largest absolute Gasteiger partial charge is 0.479 e. The second-order valence-electron chi connectivity index (χ2n) is 4.86. The van der Waals surface area contributed by atoms with Crippen LogP contribution >= 0.6 is 0 Å². The third-order valence-corrected chi connectivity index (χ3v) is 2.89. The highest BCUT2D eigenvalue weighted by molar-refractivity contribution is 5.84. The Labute approximate surface area is 113 Å². The topological polar surface area (TPSA) is 66.4 Å². The van der Waals surface area contributed by atoms with Gasteiger partial charge in [0, 0.05) is 6.42 Å². The number of carbonyl (C=O) groups is 2. The highest BCUT2D eigenvalue weighted by Crippen LogP contribution is 2.17. The molecular formula is C15H21NO3. The maximum absolute atomic E-state index is 11.7. The van der Waals surface area contributed by atoms with Gasteiger partial charge in [0.25, 0.3) is 0 Å². The van der Waals surface area contributed by atoms with E-state index >= 15 is 0 Å². The molecule has 1 amide bonds. The van der Waals surface area contributed by atoms with Gasteiger partial charge in [-0.2, -0.15) is 0 Å². The quantitative estimate of drug-likeness (QED) is 0.829. The Bertz CT molecular complexity index is 448. The summed E-state index contributed by atoms with van der Waals surface area (Å²) in [5.74, 6) is -1.25. The van der Waals surface area contributed by atoms with E-state index < -0.39 is 12.0 Å². The van der Waals surface area contributed by atoms with Gasteiger partial charge in [0.05, 0.1) is 0 Å². The van der Waals surface area contributed by atoms with E-state index in [1.54, 1.807) is 12.1 Å². The van der Waals surface area contributed by atoms with Crippen molar-refractivity contribution >= 4 is 11.9 Å². The molecule has 0 aliphatic heterocycles. The second kappa shape index (κ2) is 6.92. The molecule has 1 unspecified atom stereocenters. The minimum atomic E-state index is -1.03. The zero-order valence-corrected chi connectivity index (χ0v) is 11.7. The number of nitrogens with one attached hydrogen (secondary N) is 1. The lowest BCUT2D eigenvalue weighted by molar-refractivity contribution is -0.142. The molecule has 4 nitrogen and oxygen atoms in total. The molecule has 104 valence electrons. The van der Waals surface area contributed by atoms with E-state index in [1.807, 2.05) is 26.8 Å². The first kappa shape index (κ1) is 15.2. The molecule has 0 radical (unpaired) electrons. The van der Waals surface area contributed by atoms with E-state index in [0.717, 1.165) is 24.0 Å². The van der Waals surface area contributed by atoms with Crippen LogP contribution in [-0.4, -0.2) is 17.0 Å². The van der Waals surface area contributed by atoms with Gasteiger partial charge in [-0.05, 0) is 25.8 Å². The van der Waals surface area contributed by atoms with Gasteiger partial charge in [-0.15, -0.1) is 0 Å². The number of carboxylic acids is 1. The Kier molecular flexibility index (Phi) is 5.55. The first-order valence-corrected chi connectivity index (χ1v) is 6.54. The van der Waals surface area contributed by atoms with Crippen molar-refractivity contribution in [1.29, 1.82) is 0 Å². The number of amides is 1. The van der Waals surface area contributed by atoms with Crippen LogP contribution in [0.3, 0.4) is 0 Å². The molecule has 0 aromatic heterocycles. The third kappa shape index (κ3) is 4.73. The molecule has 0 bridgehead atoms. The average molecular weight is 263 g/mol. The summed E-state index contributed by atoms with van der Waals surface area (Å²) >= 11 is 0. The Hall–Kier alpha value is -1.84. The summed E-state index contributed by atoms with van der Waals surface area (Å²) in [6.45, 7) is 5.81. The zero-order chi connectivity index (χ0) is 14.4.